The number of phenolic OH excluding ortho intramolecular Hbond substituents is 2. The lowest BCUT2D eigenvalue weighted by Crippen LogP contribution is -1.86. The van der Waals surface area contributed by atoms with Crippen LogP contribution in [0.5, 0.6) is 11.5 Å². The number of rotatable bonds is 0. The van der Waals surface area contributed by atoms with Gasteiger partial charge in [-0.3, -0.25) is 0 Å². The first-order valence-electron chi connectivity index (χ1n) is 7.50. The Morgan fingerprint density at radius 2 is 1.12 bits per heavy atom. The predicted octanol–water partition coefficient (Wildman–Crippen LogP) is 4.26. The molecule has 4 rings (SSSR count). The summed E-state index contributed by atoms with van der Waals surface area (Å²) >= 11 is 0. The average molecular weight is 318 g/mol. The molecule has 0 fully saturated rings. The summed E-state index contributed by atoms with van der Waals surface area (Å²) in [6.45, 7) is 0. The number of anilines is 2. The van der Waals surface area contributed by atoms with Gasteiger partial charge in [-0.05, 0) is 23.6 Å². The third-order valence-electron chi connectivity index (χ3n) is 3.88. The van der Waals surface area contributed by atoms with Crippen LogP contribution >= 0.6 is 0 Å². The fraction of sp³-hybridized carbons (Fsp3) is 0. The number of nitrogen functional groups attached to an aromatic ring is 2. The number of phenols is 2. The fourth-order valence-corrected chi connectivity index (χ4v) is 2.59. The molecule has 4 nitrogen and oxygen atoms in total. The lowest BCUT2D eigenvalue weighted by Gasteiger charge is -2.02. The van der Waals surface area contributed by atoms with Crippen molar-refractivity contribution in [2.24, 2.45) is 0 Å². The van der Waals surface area contributed by atoms with Gasteiger partial charge < -0.3 is 21.7 Å². The van der Waals surface area contributed by atoms with E-state index in [1.165, 1.54) is 0 Å². The normalized spacial score (nSPS) is 10.3. The lowest BCUT2D eigenvalue weighted by atomic mass is 10.1. The molecule has 0 unspecified atom stereocenters. The molecule has 0 amide bonds. The maximum Gasteiger partial charge on any atom is 0.139 e. The molecule has 0 atom stereocenters. The molecule has 4 heteroatoms. The van der Waals surface area contributed by atoms with Gasteiger partial charge in [-0.25, -0.2) is 0 Å². The summed E-state index contributed by atoms with van der Waals surface area (Å²) in [5.41, 5.74) is 12.5. The van der Waals surface area contributed by atoms with Crippen LogP contribution in [-0.4, -0.2) is 10.2 Å². The highest BCUT2D eigenvalue weighted by Crippen LogP contribution is 2.29. The first-order valence-corrected chi connectivity index (χ1v) is 7.50. The highest BCUT2D eigenvalue weighted by molar-refractivity contribution is 5.97. The third-order valence-corrected chi connectivity index (χ3v) is 3.88. The summed E-state index contributed by atoms with van der Waals surface area (Å²) < 4.78 is 0. The van der Waals surface area contributed by atoms with Crippen LogP contribution in [0.2, 0.25) is 0 Å². The van der Waals surface area contributed by atoms with E-state index < -0.39 is 0 Å². The average Bonchev–Trinajstić information content (AvgIpc) is 2.62. The molecule has 120 valence electrons. The topological polar surface area (TPSA) is 92.5 Å². The molecular weight excluding hydrogens is 300 g/mol. The van der Waals surface area contributed by atoms with E-state index in [4.69, 9.17) is 11.5 Å². The van der Waals surface area contributed by atoms with Crippen LogP contribution < -0.4 is 11.5 Å². The number of aromatic hydroxyl groups is 2. The monoisotopic (exact) mass is 318 g/mol. The molecule has 0 aliphatic carbocycles. The predicted molar refractivity (Wildman–Crippen MR) is 100 cm³/mol. The van der Waals surface area contributed by atoms with E-state index in [0.717, 1.165) is 21.5 Å². The number of fused-ring (bicyclic) bond motifs is 2. The fourth-order valence-electron chi connectivity index (χ4n) is 2.59. The van der Waals surface area contributed by atoms with Crippen LogP contribution in [-0.2, 0) is 0 Å². The standard InChI is InChI=1S/2C10H9NO/c11-9-5-6-10(12)8-4-2-1-3-7(8)9;11-10-8-4-2-1-3-7(8)5-6-9(10)12/h2*1-6,12H,11H2. The van der Waals surface area contributed by atoms with Crippen molar-refractivity contribution < 1.29 is 10.2 Å². The van der Waals surface area contributed by atoms with Crippen molar-refractivity contribution in [2.75, 3.05) is 11.5 Å². The van der Waals surface area contributed by atoms with Crippen LogP contribution in [0.25, 0.3) is 21.5 Å². The smallest absolute Gasteiger partial charge is 0.139 e. The molecule has 0 aliphatic heterocycles. The Balaban J connectivity index is 0.000000141. The van der Waals surface area contributed by atoms with E-state index in [0.29, 0.717) is 11.4 Å². The van der Waals surface area contributed by atoms with Gasteiger partial charge in [0.15, 0.2) is 0 Å². The van der Waals surface area contributed by atoms with Crippen molar-refractivity contribution in [2.45, 2.75) is 0 Å². The second kappa shape index (κ2) is 6.38. The first-order chi connectivity index (χ1) is 11.6. The van der Waals surface area contributed by atoms with Crippen LogP contribution in [0, 0.1) is 0 Å². The summed E-state index contributed by atoms with van der Waals surface area (Å²) in [6.07, 6.45) is 0. The Bertz CT molecular complexity index is 964. The number of nitrogens with two attached hydrogens (primary N) is 2. The Hall–Kier alpha value is -3.40. The van der Waals surface area contributed by atoms with E-state index in [1.807, 2.05) is 54.6 Å². The van der Waals surface area contributed by atoms with Crippen LogP contribution in [0.1, 0.15) is 0 Å². The Morgan fingerprint density at radius 1 is 0.542 bits per heavy atom. The highest BCUT2D eigenvalue weighted by Gasteiger charge is 2.01. The van der Waals surface area contributed by atoms with Gasteiger partial charge in [0.2, 0.25) is 0 Å². The molecule has 0 heterocycles. The zero-order valence-electron chi connectivity index (χ0n) is 13.0. The molecule has 4 aromatic rings. The van der Waals surface area contributed by atoms with E-state index in [9.17, 15) is 10.2 Å². The molecule has 24 heavy (non-hydrogen) atoms. The minimum absolute atomic E-state index is 0.147. The zero-order valence-corrected chi connectivity index (χ0v) is 13.0. The third kappa shape index (κ3) is 2.90. The van der Waals surface area contributed by atoms with Gasteiger partial charge in [-0.2, -0.15) is 0 Å². The van der Waals surface area contributed by atoms with Gasteiger partial charge in [0.05, 0.1) is 5.69 Å². The van der Waals surface area contributed by atoms with Crippen molar-refractivity contribution in [1.29, 1.82) is 0 Å². The summed E-state index contributed by atoms with van der Waals surface area (Å²) in [4.78, 5) is 0. The van der Waals surface area contributed by atoms with E-state index in [1.54, 1.807) is 18.2 Å². The second-order valence-electron chi connectivity index (χ2n) is 5.44. The number of hydrogen-bond donors (Lipinski definition) is 4. The molecule has 0 bridgehead atoms. The van der Waals surface area contributed by atoms with Crippen LogP contribution in [0.3, 0.4) is 0 Å². The molecule has 0 spiro atoms. The van der Waals surface area contributed by atoms with E-state index in [-0.39, 0.29) is 11.5 Å². The molecule has 0 saturated carbocycles. The number of benzene rings is 4. The van der Waals surface area contributed by atoms with Gasteiger partial charge in [0, 0.05) is 21.8 Å². The van der Waals surface area contributed by atoms with Gasteiger partial charge in [-0.1, -0.05) is 54.6 Å². The Labute approximate surface area is 139 Å². The molecule has 6 N–H and O–H groups in total. The minimum atomic E-state index is 0.147. The number of hydrogen-bond acceptors (Lipinski definition) is 4. The largest absolute Gasteiger partial charge is 0.507 e. The van der Waals surface area contributed by atoms with Gasteiger partial charge in [-0.15, -0.1) is 0 Å². The first kappa shape index (κ1) is 15.5. The highest BCUT2D eigenvalue weighted by atomic mass is 16.3. The van der Waals surface area contributed by atoms with Crippen molar-refractivity contribution in [1.82, 2.24) is 0 Å². The quantitative estimate of drug-likeness (QED) is 0.221. The lowest BCUT2D eigenvalue weighted by molar-refractivity contribution is 0.478. The summed E-state index contributed by atoms with van der Waals surface area (Å²) in [6, 6.07) is 22.0. The molecular formula is C20H18N2O2. The zero-order chi connectivity index (χ0) is 17.1. The van der Waals surface area contributed by atoms with Gasteiger partial charge in [0.1, 0.15) is 11.5 Å². The van der Waals surface area contributed by atoms with E-state index in [2.05, 4.69) is 0 Å². The SMILES string of the molecule is Nc1c(O)ccc2ccccc12.Nc1ccc(O)c2ccccc12. The maximum absolute atomic E-state index is 9.44. The van der Waals surface area contributed by atoms with Crippen molar-refractivity contribution in [3.8, 4) is 11.5 Å². The van der Waals surface area contributed by atoms with Gasteiger partial charge >= 0.3 is 0 Å². The molecule has 4 aromatic carbocycles. The van der Waals surface area contributed by atoms with Crippen molar-refractivity contribution >= 4 is 32.9 Å². The molecule has 0 saturated heterocycles. The summed E-state index contributed by atoms with van der Waals surface area (Å²) in [7, 11) is 0. The second-order valence-corrected chi connectivity index (χ2v) is 5.44. The summed E-state index contributed by atoms with van der Waals surface area (Å²) in [5.74, 6) is 0.425. The summed E-state index contributed by atoms with van der Waals surface area (Å²) in [5, 5.41) is 22.4. The van der Waals surface area contributed by atoms with Crippen LogP contribution in [0.4, 0.5) is 11.4 Å². The van der Waals surface area contributed by atoms with Crippen LogP contribution in [0.15, 0.2) is 72.8 Å². The van der Waals surface area contributed by atoms with E-state index >= 15 is 0 Å². The molecule has 0 aromatic heterocycles. The molecule has 0 radical (unpaired) electrons. The van der Waals surface area contributed by atoms with Crippen molar-refractivity contribution in [3.63, 3.8) is 0 Å². The van der Waals surface area contributed by atoms with Crippen molar-refractivity contribution in [3.05, 3.63) is 72.8 Å². The Morgan fingerprint density at radius 3 is 1.83 bits per heavy atom. The molecule has 0 aliphatic rings. The Kier molecular flexibility index (Phi) is 4.12. The maximum atomic E-state index is 9.44. The van der Waals surface area contributed by atoms with Gasteiger partial charge in [0.25, 0.3) is 0 Å². The minimum Gasteiger partial charge on any atom is -0.507 e.